The van der Waals surface area contributed by atoms with Crippen LogP contribution in [0.5, 0.6) is 0 Å². The third-order valence-electron chi connectivity index (χ3n) is 4.57. The van der Waals surface area contributed by atoms with Crippen molar-refractivity contribution in [3.05, 3.63) is 23.8 Å². The van der Waals surface area contributed by atoms with Crippen molar-refractivity contribution < 1.29 is 15.0 Å². The zero-order valence-electron chi connectivity index (χ0n) is 11.3. The molecule has 3 nitrogen and oxygen atoms in total. The fourth-order valence-electron chi connectivity index (χ4n) is 3.49. The van der Waals surface area contributed by atoms with E-state index in [4.69, 9.17) is 0 Å². The molecule has 0 heterocycles. The number of allylic oxidation sites excluding steroid dienone is 3. The summed E-state index contributed by atoms with van der Waals surface area (Å²) in [7, 11) is 0. The molecule has 2 aliphatic carbocycles. The molecule has 0 amide bonds. The molecule has 2 rings (SSSR count). The van der Waals surface area contributed by atoms with Crippen LogP contribution < -0.4 is 0 Å². The van der Waals surface area contributed by atoms with Crippen molar-refractivity contribution in [3.63, 3.8) is 0 Å². The van der Waals surface area contributed by atoms with Crippen molar-refractivity contribution in [2.75, 3.05) is 0 Å². The molecule has 100 valence electrons. The highest BCUT2D eigenvalue weighted by Crippen LogP contribution is 2.47. The van der Waals surface area contributed by atoms with E-state index in [-0.39, 0.29) is 11.8 Å². The highest BCUT2D eigenvalue weighted by Gasteiger charge is 2.52. The van der Waals surface area contributed by atoms with Gasteiger partial charge >= 0.3 is 5.97 Å². The molecule has 0 aromatic heterocycles. The average Bonchev–Trinajstić information content (AvgIpc) is 2.28. The van der Waals surface area contributed by atoms with Crippen LogP contribution >= 0.6 is 0 Å². The van der Waals surface area contributed by atoms with Gasteiger partial charge in [-0.15, -0.1) is 0 Å². The van der Waals surface area contributed by atoms with Crippen LogP contribution in [0.2, 0.25) is 0 Å². The van der Waals surface area contributed by atoms with E-state index >= 15 is 0 Å². The lowest BCUT2D eigenvalue weighted by Gasteiger charge is -2.46. The van der Waals surface area contributed by atoms with Crippen molar-refractivity contribution in [2.24, 2.45) is 23.7 Å². The number of rotatable bonds is 2. The molecule has 0 aromatic carbocycles. The zero-order valence-corrected chi connectivity index (χ0v) is 11.3. The molecule has 2 N–H and O–H groups in total. The minimum Gasteiger partial charge on any atom is -0.479 e. The maximum absolute atomic E-state index is 11.4. The van der Waals surface area contributed by atoms with E-state index in [2.05, 4.69) is 19.9 Å². The smallest absolute Gasteiger partial charge is 0.336 e. The lowest BCUT2D eigenvalue weighted by Crippen LogP contribution is -2.53. The van der Waals surface area contributed by atoms with Crippen LogP contribution in [0.1, 0.15) is 33.6 Å². The van der Waals surface area contributed by atoms with Crippen molar-refractivity contribution in [2.45, 2.75) is 39.2 Å². The fraction of sp³-hybridized carbons (Fsp3) is 0.667. The van der Waals surface area contributed by atoms with Crippen molar-refractivity contribution in [1.82, 2.24) is 0 Å². The highest BCUT2D eigenvalue weighted by molar-refractivity contribution is 5.78. The van der Waals surface area contributed by atoms with Crippen LogP contribution in [0, 0.1) is 23.7 Å². The van der Waals surface area contributed by atoms with E-state index in [0.717, 1.165) is 12.0 Å². The quantitative estimate of drug-likeness (QED) is 0.792. The summed E-state index contributed by atoms with van der Waals surface area (Å²) in [6.45, 7) is 6.38. The average molecular weight is 250 g/mol. The van der Waals surface area contributed by atoms with Crippen LogP contribution in [-0.4, -0.2) is 21.8 Å². The lowest BCUT2D eigenvalue weighted by atomic mass is 9.60. The summed E-state index contributed by atoms with van der Waals surface area (Å²) in [5.74, 6) is -0.275. The van der Waals surface area contributed by atoms with Crippen LogP contribution in [0.15, 0.2) is 23.8 Å². The van der Waals surface area contributed by atoms with Crippen molar-refractivity contribution >= 4 is 5.97 Å². The normalized spacial score (nSPS) is 39.4. The maximum atomic E-state index is 11.4. The van der Waals surface area contributed by atoms with E-state index in [1.165, 1.54) is 0 Å². The number of carboxylic acids is 1. The molecule has 0 aliphatic heterocycles. The molecule has 0 spiro atoms. The predicted molar refractivity (Wildman–Crippen MR) is 70.0 cm³/mol. The second kappa shape index (κ2) is 4.54. The second-order valence-electron chi connectivity index (χ2n) is 6.05. The molecule has 1 fully saturated rings. The molecule has 18 heavy (non-hydrogen) atoms. The minimum absolute atomic E-state index is 0.143. The van der Waals surface area contributed by atoms with Crippen molar-refractivity contribution in [3.8, 4) is 0 Å². The van der Waals surface area contributed by atoms with Crippen LogP contribution in [0.4, 0.5) is 0 Å². The van der Waals surface area contributed by atoms with E-state index in [1.807, 2.05) is 19.1 Å². The van der Waals surface area contributed by atoms with E-state index in [0.29, 0.717) is 18.3 Å². The summed E-state index contributed by atoms with van der Waals surface area (Å²) in [5, 5.41) is 19.8. The molecular formula is C15H22O3. The summed E-state index contributed by atoms with van der Waals surface area (Å²) in [5.41, 5.74) is -0.430. The number of fused-ring (bicyclic) bond motifs is 1. The topological polar surface area (TPSA) is 57.5 Å². The van der Waals surface area contributed by atoms with Gasteiger partial charge in [-0.25, -0.2) is 4.79 Å². The second-order valence-corrected chi connectivity index (χ2v) is 6.05. The Morgan fingerprint density at radius 2 is 2.17 bits per heavy atom. The molecule has 2 aliphatic rings. The lowest BCUT2D eigenvalue weighted by molar-refractivity contribution is -0.171. The summed E-state index contributed by atoms with van der Waals surface area (Å²) < 4.78 is 0. The molecule has 0 saturated heterocycles. The van der Waals surface area contributed by atoms with E-state index in [1.54, 1.807) is 0 Å². The summed E-state index contributed by atoms with van der Waals surface area (Å²) >= 11 is 0. The first kappa shape index (κ1) is 13.3. The Morgan fingerprint density at radius 3 is 2.72 bits per heavy atom. The number of carboxylic acid groups (broad SMARTS) is 1. The monoisotopic (exact) mass is 250 g/mol. The van der Waals surface area contributed by atoms with Gasteiger partial charge in [0, 0.05) is 5.92 Å². The summed E-state index contributed by atoms with van der Waals surface area (Å²) in [4.78, 5) is 11.4. The van der Waals surface area contributed by atoms with Crippen LogP contribution in [-0.2, 0) is 4.79 Å². The number of carbonyl (C=O) groups is 1. The SMILES string of the molecule is CC1=CC2C(C(C)C)CC[C@](O)(C(=O)O)C2C=C1. The van der Waals surface area contributed by atoms with Gasteiger partial charge in [-0.05, 0) is 37.5 Å². The van der Waals surface area contributed by atoms with Gasteiger partial charge in [-0.2, -0.15) is 0 Å². The summed E-state index contributed by atoms with van der Waals surface area (Å²) in [6, 6.07) is 0. The Labute approximate surface area is 108 Å². The minimum atomic E-state index is -1.59. The van der Waals surface area contributed by atoms with Gasteiger partial charge in [-0.3, -0.25) is 0 Å². The first-order valence-electron chi connectivity index (χ1n) is 6.68. The molecule has 4 atom stereocenters. The highest BCUT2D eigenvalue weighted by atomic mass is 16.4. The first-order chi connectivity index (χ1) is 8.36. The molecule has 3 unspecified atom stereocenters. The predicted octanol–water partition coefficient (Wildman–Crippen LogP) is 2.62. The van der Waals surface area contributed by atoms with Crippen LogP contribution in [0.3, 0.4) is 0 Å². The molecular weight excluding hydrogens is 228 g/mol. The molecule has 0 aromatic rings. The van der Waals surface area contributed by atoms with Crippen molar-refractivity contribution in [1.29, 1.82) is 0 Å². The number of hydrogen-bond acceptors (Lipinski definition) is 2. The molecule has 1 saturated carbocycles. The molecule has 0 bridgehead atoms. The van der Waals surface area contributed by atoms with Gasteiger partial charge < -0.3 is 10.2 Å². The summed E-state index contributed by atoms with van der Waals surface area (Å²) in [6.07, 6.45) is 7.09. The van der Waals surface area contributed by atoms with Gasteiger partial charge in [0.25, 0.3) is 0 Å². The third kappa shape index (κ3) is 2.01. The third-order valence-corrected chi connectivity index (χ3v) is 4.57. The molecule has 3 heteroatoms. The molecule has 0 radical (unpaired) electrons. The first-order valence-corrected chi connectivity index (χ1v) is 6.68. The fourth-order valence-corrected chi connectivity index (χ4v) is 3.49. The Hall–Kier alpha value is -1.09. The Morgan fingerprint density at radius 1 is 1.50 bits per heavy atom. The number of aliphatic hydroxyl groups is 1. The Balaban J connectivity index is 2.38. The van der Waals surface area contributed by atoms with E-state index in [9.17, 15) is 15.0 Å². The van der Waals surface area contributed by atoms with Gasteiger partial charge in [0.1, 0.15) is 0 Å². The van der Waals surface area contributed by atoms with Gasteiger partial charge in [0.15, 0.2) is 5.60 Å². The largest absolute Gasteiger partial charge is 0.479 e. The van der Waals surface area contributed by atoms with Gasteiger partial charge in [0.2, 0.25) is 0 Å². The van der Waals surface area contributed by atoms with Gasteiger partial charge in [0.05, 0.1) is 0 Å². The number of hydrogen-bond donors (Lipinski definition) is 2. The van der Waals surface area contributed by atoms with Gasteiger partial charge in [-0.1, -0.05) is 37.6 Å². The maximum Gasteiger partial charge on any atom is 0.336 e. The standard InChI is InChI=1S/C15H22O3/c1-9(2)11-6-7-15(18,14(16)17)13-5-4-10(3)8-12(11)13/h4-5,8-9,11-13,18H,6-7H2,1-3H3,(H,16,17)/t11?,12?,13?,15-/m1/s1. The Kier molecular flexibility index (Phi) is 3.37. The number of aliphatic carboxylic acids is 1. The zero-order chi connectivity index (χ0) is 13.5. The Bertz CT molecular complexity index is 408. The van der Waals surface area contributed by atoms with E-state index < -0.39 is 11.6 Å². The van der Waals surface area contributed by atoms with Crippen LogP contribution in [0.25, 0.3) is 0 Å².